The zero-order valence-corrected chi connectivity index (χ0v) is 10.8. The van der Waals surface area contributed by atoms with Crippen LogP contribution in [0.2, 0.25) is 0 Å². The first-order valence-corrected chi connectivity index (χ1v) is 6.84. The SMILES string of the molecule is Cc1ccc(CCNCC2CCCCN2)cc1. The molecule has 0 aromatic heterocycles. The van der Waals surface area contributed by atoms with Crippen LogP contribution in [0.25, 0.3) is 0 Å². The van der Waals surface area contributed by atoms with E-state index < -0.39 is 0 Å². The van der Waals surface area contributed by atoms with E-state index in [4.69, 9.17) is 0 Å². The van der Waals surface area contributed by atoms with Gasteiger partial charge in [0.2, 0.25) is 0 Å². The van der Waals surface area contributed by atoms with Crippen LogP contribution < -0.4 is 10.6 Å². The molecule has 0 spiro atoms. The lowest BCUT2D eigenvalue weighted by atomic mass is 10.0. The molecule has 1 aromatic carbocycles. The van der Waals surface area contributed by atoms with Crippen LogP contribution in [0.1, 0.15) is 30.4 Å². The van der Waals surface area contributed by atoms with Gasteiger partial charge in [-0.1, -0.05) is 36.2 Å². The second kappa shape index (κ2) is 6.77. The molecule has 0 bridgehead atoms. The molecule has 0 aliphatic carbocycles. The molecule has 1 fully saturated rings. The summed E-state index contributed by atoms with van der Waals surface area (Å²) in [7, 11) is 0. The zero-order chi connectivity index (χ0) is 11.9. The Labute approximate surface area is 105 Å². The van der Waals surface area contributed by atoms with Gasteiger partial charge in [0.15, 0.2) is 0 Å². The maximum Gasteiger partial charge on any atom is 0.0192 e. The number of hydrogen-bond donors (Lipinski definition) is 2. The third-order valence-corrected chi connectivity index (χ3v) is 3.51. The number of rotatable bonds is 5. The van der Waals surface area contributed by atoms with Gasteiger partial charge in [0.05, 0.1) is 0 Å². The summed E-state index contributed by atoms with van der Waals surface area (Å²) in [5.41, 5.74) is 2.77. The Kier molecular flexibility index (Phi) is 5.02. The predicted octanol–water partition coefficient (Wildman–Crippen LogP) is 2.27. The molecule has 2 N–H and O–H groups in total. The Hall–Kier alpha value is -0.860. The predicted molar refractivity (Wildman–Crippen MR) is 73.4 cm³/mol. The molecular formula is C15H24N2. The normalized spacial score (nSPS) is 20.4. The summed E-state index contributed by atoms with van der Waals surface area (Å²) in [5, 5.41) is 7.12. The third kappa shape index (κ3) is 4.49. The lowest BCUT2D eigenvalue weighted by Gasteiger charge is -2.23. The topological polar surface area (TPSA) is 24.1 Å². The van der Waals surface area contributed by atoms with Crippen LogP contribution in [-0.4, -0.2) is 25.7 Å². The fourth-order valence-corrected chi connectivity index (χ4v) is 2.36. The molecule has 17 heavy (non-hydrogen) atoms. The minimum Gasteiger partial charge on any atom is -0.315 e. The molecule has 0 saturated carbocycles. The first kappa shape index (κ1) is 12.6. The van der Waals surface area contributed by atoms with Crippen LogP contribution in [0.15, 0.2) is 24.3 Å². The van der Waals surface area contributed by atoms with E-state index in [1.54, 1.807) is 0 Å². The van der Waals surface area contributed by atoms with Gasteiger partial charge >= 0.3 is 0 Å². The number of aryl methyl sites for hydroxylation is 1. The van der Waals surface area contributed by atoms with Crippen LogP contribution in [0.3, 0.4) is 0 Å². The minimum absolute atomic E-state index is 0.696. The highest BCUT2D eigenvalue weighted by Gasteiger charge is 2.10. The monoisotopic (exact) mass is 232 g/mol. The van der Waals surface area contributed by atoms with Crippen molar-refractivity contribution >= 4 is 0 Å². The molecular weight excluding hydrogens is 208 g/mol. The smallest absolute Gasteiger partial charge is 0.0192 e. The van der Waals surface area contributed by atoms with Crippen LogP contribution in [0.4, 0.5) is 0 Å². The summed E-state index contributed by atoms with van der Waals surface area (Å²) in [4.78, 5) is 0. The van der Waals surface area contributed by atoms with Crippen molar-refractivity contribution in [3.63, 3.8) is 0 Å². The summed E-state index contributed by atoms with van der Waals surface area (Å²) >= 11 is 0. The molecule has 2 nitrogen and oxygen atoms in total. The van der Waals surface area contributed by atoms with E-state index in [0.29, 0.717) is 6.04 Å². The number of benzene rings is 1. The molecule has 2 rings (SSSR count). The third-order valence-electron chi connectivity index (χ3n) is 3.51. The van der Waals surface area contributed by atoms with E-state index in [2.05, 4.69) is 41.8 Å². The molecule has 2 heteroatoms. The van der Waals surface area contributed by atoms with Crippen molar-refractivity contribution in [3.05, 3.63) is 35.4 Å². The lowest BCUT2D eigenvalue weighted by Crippen LogP contribution is -2.42. The summed E-state index contributed by atoms with van der Waals surface area (Å²) in [6.45, 7) is 5.54. The average Bonchev–Trinajstić information content (AvgIpc) is 2.38. The first-order chi connectivity index (χ1) is 8.34. The molecule has 1 saturated heterocycles. The van der Waals surface area contributed by atoms with Crippen molar-refractivity contribution in [1.82, 2.24) is 10.6 Å². The molecule has 0 radical (unpaired) electrons. The highest BCUT2D eigenvalue weighted by molar-refractivity contribution is 5.21. The Morgan fingerprint density at radius 1 is 1.24 bits per heavy atom. The number of nitrogens with one attached hydrogen (secondary N) is 2. The van der Waals surface area contributed by atoms with Crippen molar-refractivity contribution in [2.45, 2.75) is 38.6 Å². The van der Waals surface area contributed by atoms with Crippen molar-refractivity contribution in [1.29, 1.82) is 0 Å². The van der Waals surface area contributed by atoms with Crippen molar-refractivity contribution in [2.24, 2.45) is 0 Å². The molecule has 0 amide bonds. The fourth-order valence-electron chi connectivity index (χ4n) is 2.36. The van der Waals surface area contributed by atoms with E-state index in [1.165, 1.54) is 36.9 Å². The van der Waals surface area contributed by atoms with Gasteiger partial charge in [0.25, 0.3) is 0 Å². The van der Waals surface area contributed by atoms with Gasteiger partial charge in [0.1, 0.15) is 0 Å². The molecule has 1 atom stereocenters. The summed E-state index contributed by atoms with van der Waals surface area (Å²) in [6.07, 6.45) is 5.20. The fraction of sp³-hybridized carbons (Fsp3) is 0.600. The van der Waals surface area contributed by atoms with Crippen LogP contribution in [0.5, 0.6) is 0 Å². The van der Waals surface area contributed by atoms with E-state index in [0.717, 1.165) is 19.5 Å². The number of piperidine rings is 1. The lowest BCUT2D eigenvalue weighted by molar-refractivity contribution is 0.384. The molecule has 1 aliphatic rings. The Morgan fingerprint density at radius 2 is 2.06 bits per heavy atom. The largest absolute Gasteiger partial charge is 0.315 e. The highest BCUT2D eigenvalue weighted by Crippen LogP contribution is 2.06. The van der Waals surface area contributed by atoms with E-state index in [9.17, 15) is 0 Å². The van der Waals surface area contributed by atoms with E-state index in [-0.39, 0.29) is 0 Å². The maximum absolute atomic E-state index is 3.56. The Balaban J connectivity index is 1.60. The summed E-state index contributed by atoms with van der Waals surface area (Å²) < 4.78 is 0. The van der Waals surface area contributed by atoms with Gasteiger partial charge < -0.3 is 10.6 Å². The second-order valence-corrected chi connectivity index (χ2v) is 5.09. The summed E-state index contributed by atoms with van der Waals surface area (Å²) in [6, 6.07) is 9.55. The van der Waals surface area contributed by atoms with Crippen LogP contribution in [-0.2, 0) is 6.42 Å². The van der Waals surface area contributed by atoms with E-state index in [1.807, 2.05) is 0 Å². The van der Waals surface area contributed by atoms with Crippen molar-refractivity contribution in [2.75, 3.05) is 19.6 Å². The average molecular weight is 232 g/mol. The molecule has 1 aliphatic heterocycles. The van der Waals surface area contributed by atoms with Crippen molar-refractivity contribution < 1.29 is 0 Å². The molecule has 94 valence electrons. The van der Waals surface area contributed by atoms with Gasteiger partial charge in [-0.25, -0.2) is 0 Å². The van der Waals surface area contributed by atoms with Crippen LogP contribution >= 0.6 is 0 Å². The minimum atomic E-state index is 0.696. The van der Waals surface area contributed by atoms with E-state index >= 15 is 0 Å². The second-order valence-electron chi connectivity index (χ2n) is 5.09. The maximum atomic E-state index is 3.56. The van der Waals surface area contributed by atoms with Gasteiger partial charge in [-0.05, 0) is 44.8 Å². The zero-order valence-electron chi connectivity index (χ0n) is 10.8. The van der Waals surface area contributed by atoms with Gasteiger partial charge in [-0.3, -0.25) is 0 Å². The quantitative estimate of drug-likeness (QED) is 0.761. The molecule has 1 heterocycles. The molecule has 1 aromatic rings. The van der Waals surface area contributed by atoms with Crippen molar-refractivity contribution in [3.8, 4) is 0 Å². The van der Waals surface area contributed by atoms with Gasteiger partial charge in [-0.2, -0.15) is 0 Å². The Bertz CT molecular complexity index is 312. The van der Waals surface area contributed by atoms with Gasteiger partial charge in [0, 0.05) is 12.6 Å². The highest BCUT2D eigenvalue weighted by atomic mass is 15.0. The van der Waals surface area contributed by atoms with Gasteiger partial charge in [-0.15, -0.1) is 0 Å². The Morgan fingerprint density at radius 3 is 2.76 bits per heavy atom. The standard InChI is InChI=1S/C15H24N2/c1-13-5-7-14(8-6-13)9-11-16-12-15-4-2-3-10-17-15/h5-8,15-17H,2-4,9-12H2,1H3. The first-order valence-electron chi connectivity index (χ1n) is 6.84. The molecule has 1 unspecified atom stereocenters. The number of hydrogen-bond acceptors (Lipinski definition) is 2. The summed E-state index contributed by atoms with van der Waals surface area (Å²) in [5.74, 6) is 0. The van der Waals surface area contributed by atoms with Crippen LogP contribution in [0, 0.1) is 6.92 Å².